The first kappa shape index (κ1) is 21.2. The maximum absolute atomic E-state index is 12.4. The Morgan fingerprint density at radius 1 is 1.15 bits per heavy atom. The number of anilines is 2. The minimum Gasteiger partial charge on any atom is -0.462 e. The van der Waals surface area contributed by atoms with E-state index < -0.39 is 21.9 Å². The van der Waals surface area contributed by atoms with Crippen molar-refractivity contribution < 1.29 is 22.7 Å². The second-order valence-corrected chi connectivity index (χ2v) is 8.75. The molecular formula is C18H19IN2O5S. The molecule has 0 aromatic heterocycles. The monoisotopic (exact) mass is 502 g/mol. The number of sulfonamides is 1. The zero-order valence-corrected chi connectivity index (χ0v) is 17.8. The van der Waals surface area contributed by atoms with Crippen LogP contribution in [0, 0.1) is 3.57 Å². The number of rotatable bonds is 7. The number of esters is 1. The van der Waals surface area contributed by atoms with Gasteiger partial charge in [0, 0.05) is 9.26 Å². The molecular weight excluding hydrogens is 483 g/mol. The van der Waals surface area contributed by atoms with Crippen molar-refractivity contribution in [2.75, 3.05) is 29.0 Å². The number of carbonyl (C=O) groups excluding carboxylic acids is 2. The number of ether oxygens (including phenoxy) is 1. The summed E-state index contributed by atoms with van der Waals surface area (Å²) in [5, 5.41) is 2.61. The highest BCUT2D eigenvalue weighted by molar-refractivity contribution is 14.1. The molecule has 144 valence electrons. The number of hydrogen-bond donors (Lipinski definition) is 1. The van der Waals surface area contributed by atoms with Crippen LogP contribution in [0.5, 0.6) is 0 Å². The summed E-state index contributed by atoms with van der Waals surface area (Å²) in [6.07, 6.45) is 1.04. The number of carbonyl (C=O) groups is 2. The van der Waals surface area contributed by atoms with E-state index in [-0.39, 0.29) is 13.2 Å². The Bertz CT molecular complexity index is 929. The van der Waals surface area contributed by atoms with E-state index in [1.807, 2.05) is 0 Å². The van der Waals surface area contributed by atoms with Crippen molar-refractivity contribution in [2.45, 2.75) is 6.92 Å². The quantitative estimate of drug-likeness (QED) is 0.465. The Kier molecular flexibility index (Phi) is 7.19. The summed E-state index contributed by atoms with van der Waals surface area (Å²) in [4.78, 5) is 24.2. The zero-order chi connectivity index (χ0) is 20.0. The molecule has 2 aromatic rings. The van der Waals surface area contributed by atoms with E-state index in [1.54, 1.807) is 49.4 Å². The molecule has 27 heavy (non-hydrogen) atoms. The van der Waals surface area contributed by atoms with Crippen LogP contribution in [0.3, 0.4) is 0 Å². The Morgan fingerprint density at radius 3 is 2.41 bits per heavy atom. The van der Waals surface area contributed by atoms with Crippen molar-refractivity contribution in [2.24, 2.45) is 0 Å². The Balaban J connectivity index is 2.16. The number of benzene rings is 2. The summed E-state index contributed by atoms with van der Waals surface area (Å²) >= 11 is 2.11. The lowest BCUT2D eigenvalue weighted by atomic mass is 10.2. The van der Waals surface area contributed by atoms with Crippen LogP contribution < -0.4 is 9.62 Å². The van der Waals surface area contributed by atoms with Crippen LogP contribution >= 0.6 is 22.6 Å². The largest absolute Gasteiger partial charge is 0.462 e. The Morgan fingerprint density at radius 2 is 1.81 bits per heavy atom. The highest BCUT2D eigenvalue weighted by Crippen LogP contribution is 2.19. The van der Waals surface area contributed by atoms with E-state index in [0.717, 1.165) is 14.1 Å². The molecule has 0 heterocycles. The van der Waals surface area contributed by atoms with Gasteiger partial charge in [0.2, 0.25) is 15.9 Å². The maximum atomic E-state index is 12.4. The fraction of sp³-hybridized carbons (Fsp3) is 0.222. The van der Waals surface area contributed by atoms with Gasteiger partial charge in [-0.05, 0) is 72.0 Å². The first-order valence-corrected chi connectivity index (χ1v) is 10.9. The number of nitrogens with one attached hydrogen (secondary N) is 1. The van der Waals surface area contributed by atoms with E-state index in [2.05, 4.69) is 27.9 Å². The van der Waals surface area contributed by atoms with Gasteiger partial charge in [-0.1, -0.05) is 6.07 Å². The molecule has 0 atom stereocenters. The average Bonchev–Trinajstić information content (AvgIpc) is 2.60. The second-order valence-electron chi connectivity index (χ2n) is 5.60. The van der Waals surface area contributed by atoms with E-state index in [4.69, 9.17) is 4.74 Å². The molecule has 0 aliphatic rings. The average molecular weight is 502 g/mol. The molecule has 0 unspecified atom stereocenters. The van der Waals surface area contributed by atoms with Crippen molar-refractivity contribution in [3.63, 3.8) is 0 Å². The molecule has 0 radical (unpaired) electrons. The molecule has 0 saturated carbocycles. The standard InChI is InChI=1S/C18H19IN2O5S/c1-3-26-18(23)13-5-4-6-15(11-13)20-17(22)12-21(27(2,24)25)16-9-7-14(19)8-10-16/h4-11H,3,12H2,1-2H3,(H,20,22). The maximum Gasteiger partial charge on any atom is 0.338 e. The van der Waals surface area contributed by atoms with Gasteiger partial charge in [0.25, 0.3) is 0 Å². The van der Waals surface area contributed by atoms with Crippen LogP contribution in [0.15, 0.2) is 48.5 Å². The van der Waals surface area contributed by atoms with Gasteiger partial charge in [-0.2, -0.15) is 0 Å². The molecule has 2 aromatic carbocycles. The molecule has 2 rings (SSSR count). The highest BCUT2D eigenvalue weighted by atomic mass is 127. The zero-order valence-electron chi connectivity index (χ0n) is 14.8. The first-order chi connectivity index (χ1) is 12.7. The second kappa shape index (κ2) is 9.18. The number of amides is 1. The summed E-state index contributed by atoms with van der Waals surface area (Å²) in [7, 11) is -3.65. The van der Waals surface area contributed by atoms with Crippen LogP contribution in [0.4, 0.5) is 11.4 Å². The first-order valence-electron chi connectivity index (χ1n) is 8.01. The molecule has 9 heteroatoms. The van der Waals surface area contributed by atoms with Crippen molar-refractivity contribution in [1.82, 2.24) is 0 Å². The van der Waals surface area contributed by atoms with Crippen LogP contribution in [0.25, 0.3) is 0 Å². The minimum atomic E-state index is -3.65. The number of nitrogens with zero attached hydrogens (tertiary/aromatic N) is 1. The Hall–Kier alpha value is -2.14. The number of halogens is 1. The summed E-state index contributed by atoms with van der Waals surface area (Å²) in [6.45, 7) is 1.56. The van der Waals surface area contributed by atoms with E-state index in [1.165, 1.54) is 6.07 Å². The van der Waals surface area contributed by atoms with Gasteiger partial charge >= 0.3 is 5.97 Å². The molecule has 1 amide bonds. The summed E-state index contributed by atoms with van der Waals surface area (Å²) < 4.78 is 31.1. The van der Waals surface area contributed by atoms with Crippen molar-refractivity contribution in [1.29, 1.82) is 0 Å². The minimum absolute atomic E-state index is 0.245. The molecule has 0 spiro atoms. The molecule has 0 aliphatic carbocycles. The van der Waals surface area contributed by atoms with Crippen LogP contribution in [0.2, 0.25) is 0 Å². The van der Waals surface area contributed by atoms with Gasteiger partial charge in [-0.3, -0.25) is 9.10 Å². The summed E-state index contributed by atoms with van der Waals surface area (Å²) in [5.74, 6) is -1.02. The lowest BCUT2D eigenvalue weighted by Gasteiger charge is -2.22. The molecule has 1 N–H and O–H groups in total. The fourth-order valence-corrected chi connectivity index (χ4v) is 3.49. The third-order valence-corrected chi connectivity index (χ3v) is 5.32. The lowest BCUT2D eigenvalue weighted by Crippen LogP contribution is -2.37. The van der Waals surface area contributed by atoms with Gasteiger partial charge in [0.1, 0.15) is 6.54 Å². The summed E-state index contributed by atoms with van der Waals surface area (Å²) in [5.41, 5.74) is 1.07. The normalized spacial score (nSPS) is 10.9. The third-order valence-electron chi connectivity index (χ3n) is 3.46. The van der Waals surface area contributed by atoms with Crippen molar-refractivity contribution in [3.8, 4) is 0 Å². The Labute approximate surface area is 171 Å². The summed E-state index contributed by atoms with van der Waals surface area (Å²) in [6, 6.07) is 13.1. The van der Waals surface area contributed by atoms with Gasteiger partial charge in [-0.15, -0.1) is 0 Å². The van der Waals surface area contributed by atoms with E-state index in [0.29, 0.717) is 16.9 Å². The van der Waals surface area contributed by atoms with Crippen molar-refractivity contribution in [3.05, 3.63) is 57.7 Å². The van der Waals surface area contributed by atoms with E-state index >= 15 is 0 Å². The van der Waals surface area contributed by atoms with Gasteiger partial charge < -0.3 is 10.1 Å². The topological polar surface area (TPSA) is 92.8 Å². The molecule has 0 bridgehead atoms. The smallest absolute Gasteiger partial charge is 0.338 e. The SMILES string of the molecule is CCOC(=O)c1cccc(NC(=O)CN(c2ccc(I)cc2)S(C)(=O)=O)c1. The third kappa shape index (κ3) is 6.21. The molecule has 0 fully saturated rings. The predicted octanol–water partition coefficient (Wildman–Crippen LogP) is 2.87. The van der Waals surface area contributed by atoms with Crippen LogP contribution in [0.1, 0.15) is 17.3 Å². The van der Waals surface area contributed by atoms with Gasteiger partial charge in [0.05, 0.1) is 24.1 Å². The predicted molar refractivity (Wildman–Crippen MR) is 112 cm³/mol. The van der Waals surface area contributed by atoms with Gasteiger partial charge in [-0.25, -0.2) is 13.2 Å². The number of hydrogen-bond acceptors (Lipinski definition) is 5. The highest BCUT2D eigenvalue weighted by Gasteiger charge is 2.21. The van der Waals surface area contributed by atoms with Crippen LogP contribution in [-0.4, -0.2) is 39.7 Å². The van der Waals surface area contributed by atoms with Gasteiger partial charge in [0.15, 0.2) is 0 Å². The molecule has 0 aliphatic heterocycles. The van der Waals surface area contributed by atoms with E-state index in [9.17, 15) is 18.0 Å². The lowest BCUT2D eigenvalue weighted by molar-refractivity contribution is -0.114. The fourth-order valence-electron chi connectivity index (χ4n) is 2.28. The van der Waals surface area contributed by atoms with Crippen molar-refractivity contribution >= 4 is 55.9 Å². The molecule has 7 nitrogen and oxygen atoms in total. The molecule has 0 saturated heterocycles. The van der Waals surface area contributed by atoms with Crippen LogP contribution in [-0.2, 0) is 19.6 Å².